The standard InChI is InChI=1S/C90H76O26/c1-56(91)105-76-73(112-83(96)62-42-22-7-23-43-62)71(110-81(94)60-38-18-5-19-39-60)68(55-104-90-78(116-87(100)66-50-30-11-31-51-66)74(113-84(97)63-44-24-8-25-45-63)70(109-80(93)59-36-16-4-17-37-59)67(106-90)53-101-79(92)58-34-14-3-15-35-58)107-88(76)103-54-69-72(111-82(95)61-40-20-6-21-41-61)75(114-85(98)64-46-26-9-27-47-64)77(115-86(99)65-48-28-10-29-49-65)89(108-69)102-52-57-32-12-2-13-33-57/h2-51,67-78,88-90H,52-55H2,1H3/t67-,68-,69-,70+,71+,72+,73+,74+,75+,76-,77-,78-,88-,89-,90-/m1/s1. The first-order chi connectivity index (χ1) is 56.6. The lowest BCUT2D eigenvalue weighted by atomic mass is 9.96. The molecule has 26 heteroatoms. The van der Waals surface area contributed by atoms with E-state index in [0.717, 1.165) is 6.92 Å². The second-order valence-corrected chi connectivity index (χ2v) is 26.5. The Morgan fingerprint density at radius 1 is 0.224 bits per heavy atom. The van der Waals surface area contributed by atoms with E-state index in [4.69, 9.17) is 75.8 Å². The van der Waals surface area contributed by atoms with E-state index >= 15 is 0 Å². The highest BCUT2D eigenvalue weighted by molar-refractivity contribution is 5.94. The molecule has 0 aromatic heterocycles. The topological polar surface area (TPSA) is 318 Å². The lowest BCUT2D eigenvalue weighted by molar-refractivity contribution is -0.341. The van der Waals surface area contributed by atoms with Crippen molar-refractivity contribution in [2.24, 2.45) is 0 Å². The molecular formula is C90H76O26. The van der Waals surface area contributed by atoms with Crippen LogP contribution in [0.25, 0.3) is 0 Å². The molecule has 0 amide bonds. The fraction of sp³-hybridized carbons (Fsp3) is 0.222. The largest absolute Gasteiger partial charge is 0.459 e. The Morgan fingerprint density at radius 3 is 0.672 bits per heavy atom. The zero-order valence-electron chi connectivity index (χ0n) is 62.0. The molecule has 3 heterocycles. The van der Waals surface area contributed by atoms with Gasteiger partial charge in [-0.1, -0.05) is 194 Å². The third kappa shape index (κ3) is 20.9. The second kappa shape index (κ2) is 39.4. The van der Waals surface area contributed by atoms with Crippen molar-refractivity contribution in [3.05, 3.63) is 359 Å². The summed E-state index contributed by atoms with van der Waals surface area (Å²) in [5, 5.41) is 0. The van der Waals surface area contributed by atoms with Gasteiger partial charge in [0.2, 0.25) is 0 Å². The Hall–Kier alpha value is -13.3. The summed E-state index contributed by atoms with van der Waals surface area (Å²) in [5.74, 6) is -10.1. The van der Waals surface area contributed by atoms with Crippen molar-refractivity contribution in [1.29, 1.82) is 0 Å². The van der Waals surface area contributed by atoms with E-state index in [-0.39, 0.29) is 56.7 Å². The minimum Gasteiger partial charge on any atom is -0.459 e. The summed E-state index contributed by atoms with van der Waals surface area (Å²) in [5.41, 5.74) is 0.551. The number of rotatable bonds is 29. The first-order valence-electron chi connectivity index (χ1n) is 36.9. The maximum absolute atomic E-state index is 14.9. The van der Waals surface area contributed by atoms with Crippen LogP contribution in [-0.2, 0) is 87.2 Å². The number of hydrogen-bond acceptors (Lipinski definition) is 26. The molecule has 0 bridgehead atoms. The number of hydrogen-bond donors (Lipinski definition) is 0. The summed E-state index contributed by atoms with van der Waals surface area (Å²) in [4.78, 5) is 146. The normalized spacial score (nSPS) is 22.8. The van der Waals surface area contributed by atoms with Gasteiger partial charge in [-0.3, -0.25) is 4.79 Å². The number of ether oxygens (including phenoxy) is 16. The minimum absolute atomic E-state index is 0.00332. The van der Waals surface area contributed by atoms with Crippen molar-refractivity contribution in [3.63, 3.8) is 0 Å². The summed E-state index contributed by atoms with van der Waals surface area (Å²) < 4.78 is 104. The van der Waals surface area contributed by atoms with Crippen LogP contribution in [0.4, 0.5) is 0 Å². The predicted molar refractivity (Wildman–Crippen MR) is 407 cm³/mol. The first kappa shape index (κ1) is 80.7. The van der Waals surface area contributed by atoms with Crippen molar-refractivity contribution in [2.75, 3.05) is 19.8 Å². The summed E-state index contributed by atoms with van der Waals surface area (Å²) >= 11 is 0. The Morgan fingerprint density at radius 2 is 0.422 bits per heavy atom. The molecule has 592 valence electrons. The summed E-state index contributed by atoms with van der Waals surface area (Å²) in [6, 6.07) is 77.8. The van der Waals surface area contributed by atoms with Gasteiger partial charge in [0.25, 0.3) is 0 Å². The fourth-order valence-corrected chi connectivity index (χ4v) is 12.9. The van der Waals surface area contributed by atoms with E-state index in [0.29, 0.717) is 5.56 Å². The van der Waals surface area contributed by atoms with Crippen molar-refractivity contribution in [2.45, 2.75) is 106 Å². The molecule has 0 radical (unpaired) electrons. The summed E-state index contributed by atoms with van der Waals surface area (Å²) in [6.45, 7) is -1.86. The zero-order chi connectivity index (χ0) is 80.7. The van der Waals surface area contributed by atoms with Crippen LogP contribution in [-0.4, -0.2) is 172 Å². The quantitative estimate of drug-likeness (QED) is 0.0310. The Bertz CT molecular complexity index is 4940. The van der Waals surface area contributed by atoms with Gasteiger partial charge in [0.1, 0.15) is 24.9 Å². The van der Waals surface area contributed by atoms with Gasteiger partial charge in [0.15, 0.2) is 73.8 Å². The maximum atomic E-state index is 14.9. The van der Waals surface area contributed by atoms with Gasteiger partial charge in [0.05, 0.1) is 69.9 Å². The lowest BCUT2D eigenvalue weighted by Gasteiger charge is -2.47. The second-order valence-electron chi connectivity index (χ2n) is 26.5. The molecule has 10 aromatic rings. The van der Waals surface area contributed by atoms with Gasteiger partial charge in [-0.2, -0.15) is 0 Å². The number of benzene rings is 10. The highest BCUT2D eigenvalue weighted by Crippen LogP contribution is 2.38. The molecule has 15 atom stereocenters. The fourth-order valence-electron chi connectivity index (χ4n) is 12.9. The van der Waals surface area contributed by atoms with Crippen LogP contribution in [0.3, 0.4) is 0 Å². The molecule has 0 aliphatic carbocycles. The van der Waals surface area contributed by atoms with Crippen LogP contribution in [0.5, 0.6) is 0 Å². The Balaban J connectivity index is 0.933. The van der Waals surface area contributed by atoms with Crippen LogP contribution in [0, 0.1) is 0 Å². The Labute approximate surface area is 664 Å². The van der Waals surface area contributed by atoms with E-state index in [1.807, 2.05) is 0 Å². The molecule has 3 aliphatic rings. The van der Waals surface area contributed by atoms with E-state index in [9.17, 15) is 47.9 Å². The van der Waals surface area contributed by atoms with Gasteiger partial charge >= 0.3 is 59.7 Å². The number of esters is 10. The number of carbonyl (C=O) groups is 10. The third-order valence-electron chi connectivity index (χ3n) is 18.6. The molecule has 0 N–H and O–H groups in total. The highest BCUT2D eigenvalue weighted by atomic mass is 16.8. The molecule has 0 saturated carbocycles. The summed E-state index contributed by atoms with van der Waals surface area (Å²) in [7, 11) is 0. The smallest absolute Gasteiger partial charge is 0.338 e. The lowest BCUT2D eigenvalue weighted by Crippen LogP contribution is -2.66. The SMILES string of the molecule is CC(=O)O[C@H]1[C@H](OC[C@H]2O[C@@H](OCc3ccccc3)[C@H](OC(=O)c3ccccc3)[C@@H](OC(=O)c3ccccc3)[C@H]2OC(=O)c2ccccc2)O[C@H](CO[C@@H]2O[C@H](COC(=O)c3ccccc3)[C@H](OC(=O)c3ccccc3)[C@H](OC(=O)c3ccccc3)[C@H]2OC(=O)c2ccccc2)[C@H](OC(=O)c2ccccc2)[C@@H]1OC(=O)c1ccccc1. The minimum atomic E-state index is -2.09. The molecule has 0 spiro atoms. The summed E-state index contributed by atoms with van der Waals surface area (Å²) in [6.07, 6.45) is -28.7. The average molecular weight is 1570 g/mol. The van der Waals surface area contributed by atoms with Crippen molar-refractivity contribution < 1.29 is 124 Å². The van der Waals surface area contributed by atoms with Gasteiger partial charge in [0, 0.05) is 6.92 Å². The maximum Gasteiger partial charge on any atom is 0.338 e. The zero-order valence-corrected chi connectivity index (χ0v) is 62.0. The molecule has 3 saturated heterocycles. The van der Waals surface area contributed by atoms with E-state index < -0.39 is 172 Å². The van der Waals surface area contributed by atoms with Crippen LogP contribution < -0.4 is 0 Å². The van der Waals surface area contributed by atoms with Crippen molar-refractivity contribution in [3.8, 4) is 0 Å². The molecule has 116 heavy (non-hydrogen) atoms. The van der Waals surface area contributed by atoms with Gasteiger partial charge in [-0.05, 0) is 115 Å². The first-order valence-corrected chi connectivity index (χ1v) is 36.9. The molecule has 0 unspecified atom stereocenters. The molecular weight excluding hydrogens is 1500 g/mol. The molecule has 26 nitrogen and oxygen atoms in total. The van der Waals surface area contributed by atoms with Crippen LogP contribution >= 0.6 is 0 Å². The predicted octanol–water partition coefficient (Wildman–Crippen LogP) is 12.0. The van der Waals surface area contributed by atoms with Crippen LogP contribution in [0.2, 0.25) is 0 Å². The number of carbonyl (C=O) groups excluding carboxylic acids is 10. The third-order valence-corrected chi connectivity index (χ3v) is 18.6. The van der Waals surface area contributed by atoms with E-state index in [1.54, 1.807) is 182 Å². The molecule has 3 aliphatic heterocycles. The van der Waals surface area contributed by atoms with Crippen molar-refractivity contribution in [1.82, 2.24) is 0 Å². The van der Waals surface area contributed by atoms with Gasteiger partial charge in [-0.15, -0.1) is 0 Å². The van der Waals surface area contributed by atoms with Crippen LogP contribution in [0.1, 0.15) is 106 Å². The van der Waals surface area contributed by atoms with Gasteiger partial charge in [-0.25, -0.2) is 43.2 Å². The monoisotopic (exact) mass is 1570 g/mol. The molecule has 10 aromatic carbocycles. The molecule has 13 rings (SSSR count). The average Bonchev–Trinajstić information content (AvgIpc) is 0.772. The van der Waals surface area contributed by atoms with Crippen molar-refractivity contribution >= 4 is 59.7 Å². The van der Waals surface area contributed by atoms with E-state index in [2.05, 4.69) is 0 Å². The Kier molecular flexibility index (Phi) is 27.4. The highest BCUT2D eigenvalue weighted by Gasteiger charge is 2.59. The van der Waals surface area contributed by atoms with Gasteiger partial charge < -0.3 is 75.8 Å². The van der Waals surface area contributed by atoms with E-state index in [1.165, 1.54) is 121 Å². The van der Waals surface area contributed by atoms with Crippen LogP contribution in [0.15, 0.2) is 303 Å². The molecule has 3 fully saturated rings.